The van der Waals surface area contributed by atoms with Crippen molar-refractivity contribution in [3.63, 3.8) is 0 Å². The summed E-state index contributed by atoms with van der Waals surface area (Å²) >= 11 is 0. The van der Waals surface area contributed by atoms with Crippen molar-refractivity contribution < 1.29 is 4.79 Å². The number of carbonyl (C=O) groups excluding carboxylic acids is 1. The molecule has 0 bridgehead atoms. The Morgan fingerprint density at radius 3 is 2.65 bits per heavy atom. The van der Waals surface area contributed by atoms with E-state index >= 15 is 0 Å². The van der Waals surface area contributed by atoms with Gasteiger partial charge in [-0.3, -0.25) is 14.8 Å². The highest BCUT2D eigenvalue weighted by Crippen LogP contribution is 2.13. The number of amides is 1. The van der Waals surface area contributed by atoms with Crippen LogP contribution in [-0.4, -0.2) is 21.7 Å². The Labute approximate surface area is 118 Å². The van der Waals surface area contributed by atoms with E-state index in [9.17, 15) is 4.79 Å². The zero-order valence-corrected chi connectivity index (χ0v) is 11.8. The predicted molar refractivity (Wildman–Crippen MR) is 77.9 cm³/mol. The molecule has 2 aromatic rings. The van der Waals surface area contributed by atoms with Crippen LogP contribution in [0.1, 0.15) is 24.1 Å². The highest BCUT2D eigenvalue weighted by atomic mass is 16.1. The predicted octanol–water partition coefficient (Wildman–Crippen LogP) is 1.40. The number of aryl methyl sites for hydroxylation is 1. The summed E-state index contributed by atoms with van der Waals surface area (Å²) in [6, 6.07) is 9.09. The summed E-state index contributed by atoms with van der Waals surface area (Å²) in [4.78, 5) is 11.6. The smallest absolute Gasteiger partial charge is 0.239 e. The van der Waals surface area contributed by atoms with Crippen LogP contribution in [-0.2, 0) is 11.3 Å². The Kier molecular flexibility index (Phi) is 4.53. The molecule has 1 heterocycles. The molecule has 5 nitrogen and oxygen atoms in total. The molecule has 0 unspecified atom stereocenters. The molecular weight excluding hydrogens is 252 g/mol. The van der Waals surface area contributed by atoms with Gasteiger partial charge in [0.15, 0.2) is 0 Å². The number of aromatic nitrogens is 2. The number of carbonyl (C=O) groups is 1. The lowest BCUT2D eigenvalue weighted by atomic mass is 10.1. The van der Waals surface area contributed by atoms with E-state index in [1.165, 1.54) is 0 Å². The van der Waals surface area contributed by atoms with Crippen LogP contribution in [0.3, 0.4) is 0 Å². The van der Waals surface area contributed by atoms with Crippen LogP contribution in [0.4, 0.5) is 0 Å². The molecule has 1 amide bonds. The third kappa shape index (κ3) is 3.68. The summed E-state index contributed by atoms with van der Waals surface area (Å²) in [5.74, 6) is -0.375. The molecule has 0 aliphatic rings. The average molecular weight is 272 g/mol. The zero-order valence-electron chi connectivity index (χ0n) is 11.8. The fourth-order valence-corrected chi connectivity index (χ4v) is 2.17. The number of nitrogens with zero attached hydrogens (tertiary/aromatic N) is 2. The molecule has 0 aliphatic heterocycles. The Balaban J connectivity index is 2.03. The molecule has 1 aromatic carbocycles. The van der Waals surface area contributed by atoms with Crippen molar-refractivity contribution in [2.45, 2.75) is 32.5 Å². The van der Waals surface area contributed by atoms with Crippen LogP contribution in [0.5, 0.6) is 0 Å². The van der Waals surface area contributed by atoms with E-state index in [2.05, 4.69) is 10.4 Å². The van der Waals surface area contributed by atoms with Crippen LogP contribution in [0.25, 0.3) is 0 Å². The first-order valence-electron chi connectivity index (χ1n) is 6.65. The lowest BCUT2D eigenvalue weighted by Crippen LogP contribution is -2.40. The maximum absolute atomic E-state index is 11.6. The molecule has 0 aliphatic carbocycles. The van der Waals surface area contributed by atoms with Gasteiger partial charge in [0, 0.05) is 12.2 Å². The normalized spacial score (nSPS) is 13.9. The number of nitrogens with two attached hydrogens (primary N) is 1. The van der Waals surface area contributed by atoms with Crippen LogP contribution in [0, 0.1) is 6.92 Å². The van der Waals surface area contributed by atoms with Gasteiger partial charge in [0.1, 0.15) is 6.04 Å². The Morgan fingerprint density at radius 1 is 1.40 bits per heavy atom. The number of benzene rings is 1. The molecule has 20 heavy (non-hydrogen) atoms. The van der Waals surface area contributed by atoms with Gasteiger partial charge in [-0.1, -0.05) is 30.3 Å². The molecule has 2 atom stereocenters. The van der Waals surface area contributed by atoms with Gasteiger partial charge in [0.25, 0.3) is 0 Å². The number of hydrogen-bond acceptors (Lipinski definition) is 3. The summed E-state index contributed by atoms with van der Waals surface area (Å²) in [6.07, 6.45) is 3.79. The first kappa shape index (κ1) is 14.3. The van der Waals surface area contributed by atoms with Crippen LogP contribution in [0.2, 0.25) is 0 Å². The zero-order chi connectivity index (χ0) is 14.5. The molecule has 106 valence electrons. The highest BCUT2D eigenvalue weighted by Gasteiger charge is 2.19. The van der Waals surface area contributed by atoms with Crippen LogP contribution >= 0.6 is 0 Å². The van der Waals surface area contributed by atoms with Crippen molar-refractivity contribution in [3.05, 3.63) is 53.9 Å². The largest absolute Gasteiger partial charge is 0.368 e. The Hall–Kier alpha value is -2.14. The first-order valence-corrected chi connectivity index (χ1v) is 6.65. The maximum Gasteiger partial charge on any atom is 0.239 e. The van der Waals surface area contributed by atoms with Gasteiger partial charge in [-0.25, -0.2) is 0 Å². The number of primary amides is 1. The molecule has 0 radical (unpaired) electrons. The van der Waals surface area contributed by atoms with Crippen molar-refractivity contribution >= 4 is 5.91 Å². The van der Waals surface area contributed by atoms with Crippen molar-refractivity contribution in [3.8, 4) is 0 Å². The Bertz CT molecular complexity index is 564. The van der Waals surface area contributed by atoms with Gasteiger partial charge in [-0.05, 0) is 25.0 Å². The SMILES string of the molecule is Cc1cnn(C[C@H](C)N[C@H](C(N)=O)c2ccccc2)c1. The monoisotopic (exact) mass is 272 g/mol. The van der Waals surface area contributed by atoms with E-state index < -0.39 is 6.04 Å². The first-order chi connectivity index (χ1) is 9.56. The lowest BCUT2D eigenvalue weighted by Gasteiger charge is -2.21. The third-order valence-corrected chi connectivity index (χ3v) is 3.09. The van der Waals surface area contributed by atoms with Gasteiger partial charge in [-0.2, -0.15) is 5.10 Å². The third-order valence-electron chi connectivity index (χ3n) is 3.09. The molecule has 1 aromatic heterocycles. The van der Waals surface area contributed by atoms with Gasteiger partial charge in [0.05, 0.1) is 12.7 Å². The topological polar surface area (TPSA) is 72.9 Å². The molecule has 0 fully saturated rings. The fourth-order valence-electron chi connectivity index (χ4n) is 2.17. The van der Waals surface area contributed by atoms with E-state index in [1.807, 2.05) is 61.3 Å². The summed E-state index contributed by atoms with van der Waals surface area (Å²) in [7, 11) is 0. The summed E-state index contributed by atoms with van der Waals surface area (Å²) in [5, 5.41) is 7.50. The van der Waals surface area contributed by atoms with Crippen LogP contribution in [0.15, 0.2) is 42.7 Å². The molecule has 0 spiro atoms. The quantitative estimate of drug-likeness (QED) is 0.834. The second-order valence-corrected chi connectivity index (χ2v) is 5.05. The van der Waals surface area contributed by atoms with Crippen molar-refractivity contribution in [2.75, 3.05) is 0 Å². The van der Waals surface area contributed by atoms with Crippen molar-refractivity contribution in [1.29, 1.82) is 0 Å². The van der Waals surface area contributed by atoms with Gasteiger partial charge >= 0.3 is 0 Å². The molecule has 0 saturated heterocycles. The number of nitrogens with one attached hydrogen (secondary N) is 1. The highest BCUT2D eigenvalue weighted by molar-refractivity contribution is 5.81. The fraction of sp³-hybridized carbons (Fsp3) is 0.333. The Morgan fingerprint density at radius 2 is 2.10 bits per heavy atom. The summed E-state index contributed by atoms with van der Waals surface area (Å²) in [6.45, 7) is 4.69. The standard InChI is InChI=1S/C15H20N4O/c1-11-8-17-19(9-11)10-12(2)18-14(15(16)20)13-6-4-3-5-7-13/h3-9,12,14,18H,10H2,1-2H3,(H2,16,20)/t12-,14-/m0/s1. The molecule has 3 N–H and O–H groups in total. The van der Waals surface area contributed by atoms with Crippen molar-refractivity contribution in [2.24, 2.45) is 5.73 Å². The van der Waals surface area contributed by atoms with Gasteiger partial charge < -0.3 is 5.73 Å². The number of hydrogen-bond donors (Lipinski definition) is 2. The van der Waals surface area contributed by atoms with E-state index in [4.69, 9.17) is 5.73 Å². The van der Waals surface area contributed by atoms with E-state index in [0.717, 1.165) is 11.1 Å². The minimum atomic E-state index is -0.483. The molecule has 0 saturated carbocycles. The summed E-state index contributed by atoms with van der Waals surface area (Å²) in [5.41, 5.74) is 7.49. The lowest BCUT2D eigenvalue weighted by molar-refractivity contribution is -0.120. The maximum atomic E-state index is 11.6. The summed E-state index contributed by atoms with van der Waals surface area (Å²) < 4.78 is 1.86. The van der Waals surface area contributed by atoms with Crippen LogP contribution < -0.4 is 11.1 Å². The van der Waals surface area contributed by atoms with E-state index in [-0.39, 0.29) is 11.9 Å². The second-order valence-electron chi connectivity index (χ2n) is 5.05. The van der Waals surface area contributed by atoms with E-state index in [0.29, 0.717) is 6.54 Å². The number of rotatable bonds is 6. The molecular formula is C15H20N4O. The van der Waals surface area contributed by atoms with Gasteiger partial charge in [0.2, 0.25) is 5.91 Å². The molecule has 2 rings (SSSR count). The molecule has 5 heteroatoms. The van der Waals surface area contributed by atoms with E-state index in [1.54, 1.807) is 0 Å². The average Bonchev–Trinajstić information content (AvgIpc) is 2.82. The second kappa shape index (κ2) is 6.34. The van der Waals surface area contributed by atoms with Gasteiger partial charge in [-0.15, -0.1) is 0 Å². The minimum absolute atomic E-state index is 0.0759. The minimum Gasteiger partial charge on any atom is -0.368 e. The van der Waals surface area contributed by atoms with Crippen molar-refractivity contribution in [1.82, 2.24) is 15.1 Å².